The predicted molar refractivity (Wildman–Crippen MR) is 141 cm³/mol. The van der Waals surface area contributed by atoms with Crippen LogP contribution >= 0.6 is 7.49 Å². The zero-order valence-electron chi connectivity index (χ0n) is 20.3. The number of benzene rings is 1. The van der Waals surface area contributed by atoms with Crippen LogP contribution in [0.4, 0.5) is 17.5 Å². The number of anilines is 3. The third-order valence-corrected chi connectivity index (χ3v) is 10.5. The van der Waals surface area contributed by atoms with Gasteiger partial charge in [0.2, 0.25) is 5.95 Å². The van der Waals surface area contributed by atoms with E-state index in [0.29, 0.717) is 53.0 Å². The number of ether oxygens (including phenoxy) is 2. The Hall–Kier alpha value is -2.96. The molecule has 0 unspecified atom stereocenters. The van der Waals surface area contributed by atoms with Gasteiger partial charge in [0.25, 0.3) is 0 Å². The molecule has 10 nitrogen and oxygen atoms in total. The van der Waals surface area contributed by atoms with Crippen molar-refractivity contribution in [2.24, 2.45) is 0 Å². The fraction of sp³-hybridized carbons (Fsp3) is 0.480. The van der Waals surface area contributed by atoms with Gasteiger partial charge in [-0.05, 0) is 31.4 Å². The number of aromatic amines is 1. The van der Waals surface area contributed by atoms with Crippen LogP contribution in [0.5, 0.6) is 5.75 Å². The minimum absolute atomic E-state index is 0.127. The summed E-state index contributed by atoms with van der Waals surface area (Å²) < 4.78 is 11.2. The van der Waals surface area contributed by atoms with Crippen LogP contribution in [0.25, 0.3) is 11.0 Å². The molecule has 3 aromatic rings. The molecule has 4 heterocycles. The van der Waals surface area contributed by atoms with E-state index >= 15 is 0 Å². The molecule has 2 aliphatic heterocycles. The summed E-state index contributed by atoms with van der Waals surface area (Å²) in [7, 11) is -0.575. The molecule has 3 aliphatic rings. The first kappa shape index (κ1) is 23.4. The van der Waals surface area contributed by atoms with Crippen molar-refractivity contribution in [3.8, 4) is 11.8 Å². The SMILES string of the molecule is COc1cc([P+]2(O)CCN(C3CC3)CC2)ccc1Nc1nc(N[C@@H]2CCOC2)c2c(C#N)c[nH]c2n1. The number of hydrogen-bond donors (Lipinski definition) is 4. The Morgan fingerprint density at radius 1 is 1.25 bits per heavy atom. The molecular weight excluding hydrogens is 477 g/mol. The zero-order chi connectivity index (χ0) is 24.7. The molecule has 1 aromatic carbocycles. The molecule has 2 saturated heterocycles. The van der Waals surface area contributed by atoms with Gasteiger partial charge in [-0.2, -0.15) is 15.2 Å². The Labute approximate surface area is 210 Å². The van der Waals surface area contributed by atoms with Gasteiger partial charge in [-0.3, -0.25) is 4.90 Å². The van der Waals surface area contributed by atoms with E-state index in [0.717, 1.165) is 43.2 Å². The molecule has 1 atom stereocenters. The Balaban J connectivity index is 1.27. The number of nitrogens with zero attached hydrogens (tertiary/aromatic N) is 4. The fourth-order valence-electron chi connectivity index (χ4n) is 5.16. The number of aromatic nitrogens is 3. The quantitative estimate of drug-likeness (QED) is 0.356. The average molecular weight is 509 g/mol. The average Bonchev–Trinajstić information content (AvgIpc) is 3.45. The minimum Gasteiger partial charge on any atom is -0.494 e. The number of nitrogens with one attached hydrogen (secondary N) is 3. The number of H-pyrrole nitrogens is 1. The van der Waals surface area contributed by atoms with Crippen LogP contribution in [-0.2, 0) is 4.74 Å². The van der Waals surface area contributed by atoms with Crippen molar-refractivity contribution in [1.29, 1.82) is 5.26 Å². The van der Waals surface area contributed by atoms with Crippen molar-refractivity contribution in [2.45, 2.75) is 31.3 Å². The van der Waals surface area contributed by atoms with Gasteiger partial charge in [0.05, 0.1) is 36.4 Å². The molecule has 0 spiro atoms. The molecule has 1 aliphatic carbocycles. The Kier molecular flexibility index (Phi) is 6.18. The predicted octanol–water partition coefficient (Wildman–Crippen LogP) is 2.81. The highest BCUT2D eigenvalue weighted by molar-refractivity contribution is 7.77. The maximum Gasteiger partial charge on any atom is 0.231 e. The van der Waals surface area contributed by atoms with E-state index in [4.69, 9.17) is 14.5 Å². The van der Waals surface area contributed by atoms with Crippen LogP contribution < -0.4 is 20.7 Å². The van der Waals surface area contributed by atoms with Crippen LogP contribution in [0, 0.1) is 11.3 Å². The Bertz CT molecular complexity index is 1300. The van der Waals surface area contributed by atoms with Gasteiger partial charge >= 0.3 is 0 Å². The number of hydrogen-bond acceptors (Lipinski definition) is 9. The van der Waals surface area contributed by atoms with Crippen LogP contribution in [0.2, 0.25) is 0 Å². The van der Waals surface area contributed by atoms with Crippen LogP contribution in [0.1, 0.15) is 24.8 Å². The topological polar surface area (TPSA) is 131 Å². The van der Waals surface area contributed by atoms with E-state index in [1.807, 2.05) is 18.2 Å². The summed E-state index contributed by atoms with van der Waals surface area (Å²) in [5, 5.41) is 17.9. The molecule has 36 heavy (non-hydrogen) atoms. The van der Waals surface area contributed by atoms with E-state index in [1.165, 1.54) is 12.8 Å². The van der Waals surface area contributed by atoms with Crippen molar-refractivity contribution >= 4 is 41.3 Å². The van der Waals surface area contributed by atoms with E-state index in [9.17, 15) is 10.2 Å². The molecule has 0 amide bonds. The van der Waals surface area contributed by atoms with Crippen molar-refractivity contribution in [3.63, 3.8) is 0 Å². The van der Waals surface area contributed by atoms with E-state index < -0.39 is 7.49 Å². The van der Waals surface area contributed by atoms with E-state index in [-0.39, 0.29) is 6.04 Å². The third-order valence-electron chi connectivity index (χ3n) is 7.41. The molecule has 188 valence electrons. The first-order chi connectivity index (χ1) is 17.6. The normalized spacial score (nSPS) is 21.9. The monoisotopic (exact) mass is 508 g/mol. The van der Waals surface area contributed by atoms with Crippen molar-refractivity contribution < 1.29 is 14.4 Å². The molecule has 3 fully saturated rings. The fourth-order valence-corrected chi connectivity index (χ4v) is 7.79. The summed E-state index contributed by atoms with van der Waals surface area (Å²) in [4.78, 5) is 26.4. The van der Waals surface area contributed by atoms with Crippen molar-refractivity contribution in [1.82, 2.24) is 19.9 Å². The molecule has 6 rings (SSSR count). The van der Waals surface area contributed by atoms with Gasteiger partial charge in [-0.1, -0.05) is 0 Å². The first-order valence-corrected chi connectivity index (χ1v) is 14.6. The van der Waals surface area contributed by atoms with Gasteiger partial charge in [-0.15, -0.1) is 0 Å². The van der Waals surface area contributed by atoms with E-state index in [1.54, 1.807) is 13.3 Å². The minimum atomic E-state index is -2.20. The maximum absolute atomic E-state index is 11.5. The summed E-state index contributed by atoms with van der Waals surface area (Å²) in [5.41, 5.74) is 1.78. The number of nitriles is 1. The number of fused-ring (bicyclic) bond motifs is 1. The maximum atomic E-state index is 11.5. The number of methoxy groups -OCH3 is 1. The molecule has 0 radical (unpaired) electrons. The van der Waals surface area contributed by atoms with Gasteiger partial charge < -0.3 is 25.1 Å². The molecule has 11 heteroatoms. The summed E-state index contributed by atoms with van der Waals surface area (Å²) in [6.45, 7) is 3.23. The lowest BCUT2D eigenvalue weighted by atomic mass is 10.2. The molecule has 0 bridgehead atoms. The molecule has 4 N–H and O–H groups in total. The van der Waals surface area contributed by atoms with Gasteiger partial charge in [-0.25, -0.2) is 4.89 Å². The lowest BCUT2D eigenvalue weighted by molar-refractivity contribution is 0.195. The Morgan fingerprint density at radius 2 is 2.08 bits per heavy atom. The summed E-state index contributed by atoms with van der Waals surface area (Å²) in [6, 6.07) is 8.96. The second-order valence-corrected chi connectivity index (χ2v) is 13.0. The lowest BCUT2D eigenvalue weighted by Crippen LogP contribution is -2.40. The van der Waals surface area contributed by atoms with Gasteiger partial charge in [0, 0.05) is 38.0 Å². The van der Waals surface area contributed by atoms with Gasteiger partial charge in [0.1, 0.15) is 40.9 Å². The second kappa shape index (κ2) is 9.49. The Morgan fingerprint density at radius 3 is 2.78 bits per heavy atom. The second-order valence-electron chi connectivity index (χ2n) is 9.79. The van der Waals surface area contributed by atoms with Gasteiger partial charge in [0.15, 0.2) is 7.49 Å². The molecule has 1 saturated carbocycles. The lowest BCUT2D eigenvalue weighted by Gasteiger charge is -2.32. The van der Waals surface area contributed by atoms with Crippen LogP contribution in [0.3, 0.4) is 0 Å². The summed E-state index contributed by atoms with van der Waals surface area (Å²) >= 11 is 0. The zero-order valence-corrected chi connectivity index (χ0v) is 21.2. The standard InChI is InChI=1S/C25H31N7O3P/c1-34-21-12-19(36(33)10-7-32(8-11-36)18-2-3-18)4-5-20(21)29-25-30-23-22(16(13-26)14-27-23)24(31-25)28-17-6-9-35-15-17/h4-5,12,14,17-18,33H,2-3,6-11,15H2,1H3,(H3,27,28,29,30,31)/q+1/t17-/m1/s1. The smallest absolute Gasteiger partial charge is 0.231 e. The largest absolute Gasteiger partial charge is 0.494 e. The van der Waals surface area contributed by atoms with Crippen molar-refractivity contribution in [3.05, 3.63) is 30.0 Å². The van der Waals surface area contributed by atoms with E-state index in [2.05, 4.69) is 31.6 Å². The third kappa shape index (κ3) is 4.48. The van der Waals surface area contributed by atoms with Crippen LogP contribution in [-0.4, -0.2) is 82.6 Å². The first-order valence-electron chi connectivity index (χ1n) is 12.5. The molecular formula is C25H31N7O3P+. The van der Waals surface area contributed by atoms with Crippen LogP contribution in [0.15, 0.2) is 24.4 Å². The molecule has 2 aromatic heterocycles. The van der Waals surface area contributed by atoms with Crippen molar-refractivity contribution in [2.75, 3.05) is 56.4 Å². The highest BCUT2D eigenvalue weighted by Gasteiger charge is 2.45. The highest BCUT2D eigenvalue weighted by atomic mass is 31.2. The summed E-state index contributed by atoms with van der Waals surface area (Å²) in [6.07, 6.45) is 6.77. The summed E-state index contributed by atoms with van der Waals surface area (Å²) in [5.74, 6) is 1.61. The number of rotatable bonds is 7. The highest BCUT2D eigenvalue weighted by Crippen LogP contribution is 2.56.